The van der Waals surface area contributed by atoms with Gasteiger partial charge in [-0.05, 0) is 40.2 Å². The quantitative estimate of drug-likeness (QED) is 0.689. The Morgan fingerprint density at radius 3 is 2.15 bits per heavy atom. The van der Waals surface area contributed by atoms with E-state index in [1.54, 1.807) is 0 Å². The van der Waals surface area contributed by atoms with E-state index in [1.165, 1.54) is 6.42 Å². The molecule has 0 aliphatic rings. The molecule has 1 atom stereocenters. The second-order valence-electron chi connectivity index (χ2n) is 4.45. The van der Waals surface area contributed by atoms with Crippen LogP contribution in [0.15, 0.2) is 0 Å². The molecule has 0 rings (SSSR count). The zero-order chi connectivity index (χ0) is 10.5. The topological polar surface area (TPSA) is 23.5 Å². The molecule has 0 aliphatic heterocycles. The van der Waals surface area contributed by atoms with Gasteiger partial charge in [0.25, 0.3) is 0 Å². The summed E-state index contributed by atoms with van der Waals surface area (Å²) in [5, 5.41) is 9.59. The monoisotopic (exact) mass is 187 g/mol. The number of hydrogen-bond acceptors (Lipinski definition) is 2. The van der Waals surface area contributed by atoms with Crippen LogP contribution in [0.2, 0.25) is 0 Å². The van der Waals surface area contributed by atoms with Gasteiger partial charge in [0.2, 0.25) is 0 Å². The number of nitrogens with zero attached hydrogens (tertiary/aromatic N) is 1. The lowest BCUT2D eigenvalue weighted by atomic mass is 10.0. The minimum atomic E-state index is -0.527. The average molecular weight is 187 g/mol. The van der Waals surface area contributed by atoms with Crippen molar-refractivity contribution in [2.75, 3.05) is 13.1 Å². The van der Waals surface area contributed by atoms with Crippen LogP contribution in [-0.4, -0.2) is 34.7 Å². The first-order valence-electron chi connectivity index (χ1n) is 5.37. The lowest BCUT2D eigenvalue weighted by molar-refractivity contribution is 0.0527. The Balaban J connectivity index is 3.85. The summed E-state index contributed by atoms with van der Waals surface area (Å²) in [4.78, 5) is 2.41. The molecule has 0 aromatic heterocycles. The maximum Gasteiger partial charge on any atom is 0.0603 e. The summed E-state index contributed by atoms with van der Waals surface area (Å²) in [6.45, 7) is 12.4. The highest BCUT2D eigenvalue weighted by Crippen LogP contribution is 2.11. The standard InChI is InChI=1S/C11H25NO/c1-6-10(3)12(7-2)9-8-11(4,5)13/h10,13H,6-9H2,1-5H3. The maximum absolute atomic E-state index is 9.59. The summed E-state index contributed by atoms with van der Waals surface area (Å²) in [6, 6.07) is 0.632. The van der Waals surface area contributed by atoms with Crippen LogP contribution in [-0.2, 0) is 0 Å². The minimum Gasteiger partial charge on any atom is -0.390 e. The van der Waals surface area contributed by atoms with Gasteiger partial charge >= 0.3 is 0 Å². The molecule has 0 aromatic rings. The first-order valence-corrected chi connectivity index (χ1v) is 5.37. The SMILES string of the molecule is CCC(C)N(CC)CCC(C)(C)O. The van der Waals surface area contributed by atoms with Crippen LogP contribution in [0.3, 0.4) is 0 Å². The molecular formula is C11H25NO. The molecule has 0 spiro atoms. The third-order valence-corrected chi connectivity index (χ3v) is 2.63. The largest absolute Gasteiger partial charge is 0.390 e. The van der Waals surface area contributed by atoms with Gasteiger partial charge in [0.15, 0.2) is 0 Å². The van der Waals surface area contributed by atoms with Gasteiger partial charge in [0.05, 0.1) is 5.60 Å². The van der Waals surface area contributed by atoms with E-state index in [4.69, 9.17) is 0 Å². The van der Waals surface area contributed by atoms with E-state index in [1.807, 2.05) is 13.8 Å². The Labute approximate surface area is 82.9 Å². The van der Waals surface area contributed by atoms with Crippen molar-refractivity contribution in [3.8, 4) is 0 Å². The van der Waals surface area contributed by atoms with Crippen molar-refractivity contribution in [2.24, 2.45) is 0 Å². The smallest absolute Gasteiger partial charge is 0.0603 e. The highest BCUT2D eigenvalue weighted by atomic mass is 16.3. The van der Waals surface area contributed by atoms with Gasteiger partial charge in [-0.2, -0.15) is 0 Å². The van der Waals surface area contributed by atoms with E-state index in [-0.39, 0.29) is 0 Å². The third-order valence-electron chi connectivity index (χ3n) is 2.63. The van der Waals surface area contributed by atoms with Crippen molar-refractivity contribution in [2.45, 2.75) is 59.1 Å². The molecular weight excluding hydrogens is 162 g/mol. The predicted octanol–water partition coefficient (Wildman–Crippen LogP) is 2.27. The Bertz CT molecular complexity index is 129. The zero-order valence-electron chi connectivity index (χ0n) is 9.80. The fourth-order valence-electron chi connectivity index (χ4n) is 1.37. The Morgan fingerprint density at radius 1 is 1.31 bits per heavy atom. The van der Waals surface area contributed by atoms with Crippen LogP contribution >= 0.6 is 0 Å². The molecule has 0 saturated heterocycles. The van der Waals surface area contributed by atoms with E-state index in [0.717, 1.165) is 19.5 Å². The van der Waals surface area contributed by atoms with E-state index < -0.39 is 5.60 Å². The van der Waals surface area contributed by atoms with Crippen LogP contribution in [0, 0.1) is 0 Å². The van der Waals surface area contributed by atoms with Gasteiger partial charge in [0, 0.05) is 12.6 Å². The van der Waals surface area contributed by atoms with Crippen molar-refractivity contribution in [3.63, 3.8) is 0 Å². The first kappa shape index (κ1) is 12.9. The van der Waals surface area contributed by atoms with Gasteiger partial charge in [-0.1, -0.05) is 13.8 Å². The summed E-state index contributed by atoms with van der Waals surface area (Å²) in [5.74, 6) is 0. The maximum atomic E-state index is 9.59. The molecule has 0 saturated carbocycles. The van der Waals surface area contributed by atoms with Crippen LogP contribution in [0.25, 0.3) is 0 Å². The Hall–Kier alpha value is -0.0800. The van der Waals surface area contributed by atoms with E-state index >= 15 is 0 Å². The molecule has 80 valence electrons. The fourth-order valence-corrected chi connectivity index (χ4v) is 1.37. The number of hydrogen-bond donors (Lipinski definition) is 1. The van der Waals surface area contributed by atoms with Gasteiger partial charge < -0.3 is 10.0 Å². The Morgan fingerprint density at radius 2 is 1.85 bits per heavy atom. The summed E-state index contributed by atoms with van der Waals surface area (Å²) < 4.78 is 0. The molecule has 0 radical (unpaired) electrons. The average Bonchev–Trinajstić information content (AvgIpc) is 2.03. The van der Waals surface area contributed by atoms with Crippen molar-refractivity contribution in [3.05, 3.63) is 0 Å². The Kier molecular flexibility index (Phi) is 5.57. The van der Waals surface area contributed by atoms with Gasteiger partial charge in [-0.25, -0.2) is 0 Å². The van der Waals surface area contributed by atoms with Crippen LogP contribution in [0.1, 0.15) is 47.5 Å². The first-order chi connectivity index (χ1) is 5.90. The van der Waals surface area contributed by atoms with Crippen molar-refractivity contribution in [1.29, 1.82) is 0 Å². The van der Waals surface area contributed by atoms with E-state index in [9.17, 15) is 5.11 Å². The summed E-state index contributed by atoms with van der Waals surface area (Å²) in [7, 11) is 0. The molecule has 0 heterocycles. The molecule has 0 fully saturated rings. The number of aliphatic hydroxyl groups is 1. The second kappa shape index (κ2) is 5.61. The summed E-state index contributed by atoms with van der Waals surface area (Å²) in [5.41, 5.74) is -0.527. The normalized spacial score (nSPS) is 15.0. The molecule has 0 amide bonds. The van der Waals surface area contributed by atoms with Crippen LogP contribution in [0.4, 0.5) is 0 Å². The molecule has 0 aliphatic carbocycles. The third kappa shape index (κ3) is 6.05. The number of rotatable bonds is 6. The summed E-state index contributed by atoms with van der Waals surface area (Å²) in [6.07, 6.45) is 2.03. The zero-order valence-corrected chi connectivity index (χ0v) is 9.80. The fraction of sp³-hybridized carbons (Fsp3) is 1.00. The van der Waals surface area contributed by atoms with Crippen molar-refractivity contribution >= 4 is 0 Å². The molecule has 13 heavy (non-hydrogen) atoms. The van der Waals surface area contributed by atoms with Gasteiger partial charge in [-0.3, -0.25) is 0 Å². The summed E-state index contributed by atoms with van der Waals surface area (Å²) >= 11 is 0. The van der Waals surface area contributed by atoms with Crippen LogP contribution < -0.4 is 0 Å². The van der Waals surface area contributed by atoms with Crippen LogP contribution in [0.5, 0.6) is 0 Å². The second-order valence-corrected chi connectivity index (χ2v) is 4.45. The highest BCUT2D eigenvalue weighted by molar-refractivity contribution is 4.71. The van der Waals surface area contributed by atoms with Crippen molar-refractivity contribution in [1.82, 2.24) is 4.90 Å². The van der Waals surface area contributed by atoms with Crippen molar-refractivity contribution < 1.29 is 5.11 Å². The lowest BCUT2D eigenvalue weighted by Gasteiger charge is -2.29. The molecule has 1 unspecified atom stereocenters. The van der Waals surface area contributed by atoms with E-state index in [0.29, 0.717) is 6.04 Å². The molecule has 0 aromatic carbocycles. The molecule has 0 bridgehead atoms. The van der Waals surface area contributed by atoms with E-state index in [2.05, 4.69) is 25.7 Å². The molecule has 2 nitrogen and oxygen atoms in total. The lowest BCUT2D eigenvalue weighted by Crippen LogP contribution is -2.36. The highest BCUT2D eigenvalue weighted by Gasteiger charge is 2.16. The molecule has 2 heteroatoms. The predicted molar refractivity (Wildman–Crippen MR) is 57.9 cm³/mol. The minimum absolute atomic E-state index is 0.527. The van der Waals surface area contributed by atoms with Gasteiger partial charge in [-0.15, -0.1) is 0 Å². The molecule has 1 N–H and O–H groups in total. The van der Waals surface area contributed by atoms with Gasteiger partial charge in [0.1, 0.15) is 0 Å².